The van der Waals surface area contributed by atoms with E-state index in [1.807, 2.05) is 12.1 Å². The number of amides is 2. The summed E-state index contributed by atoms with van der Waals surface area (Å²) in [7, 11) is 0. The molecule has 8 heteroatoms. The molecule has 6 nitrogen and oxygen atoms in total. The molecule has 6 fully saturated rings. The largest absolute Gasteiger partial charge is 0.316 e. The second-order valence-electron chi connectivity index (χ2n) is 7.68. The fourth-order valence-corrected chi connectivity index (χ4v) is 8.43. The number of hydrogen-bond donors (Lipinski definition) is 2. The predicted octanol–water partition coefficient (Wildman–Crippen LogP) is 1.91. The smallest absolute Gasteiger partial charge is 0.232 e. The minimum atomic E-state index is -0.142. The molecule has 0 bridgehead atoms. The van der Waals surface area contributed by atoms with Crippen LogP contribution in [0.1, 0.15) is 0 Å². The van der Waals surface area contributed by atoms with E-state index in [0.29, 0.717) is 35.5 Å². The van der Waals surface area contributed by atoms with Gasteiger partial charge in [0.2, 0.25) is 11.8 Å². The second-order valence-corrected chi connectivity index (χ2v) is 9.35. The molecule has 24 heavy (non-hydrogen) atoms. The van der Waals surface area contributed by atoms with E-state index >= 15 is 0 Å². The first-order valence-corrected chi connectivity index (χ1v) is 9.72. The maximum Gasteiger partial charge on any atom is 0.232 e. The molecule has 6 saturated carbocycles. The molecule has 8 rings (SSSR count). The number of anilines is 2. The number of carbonyl (C=O) groups excluding carboxylic acids is 2. The molecule has 6 aliphatic carbocycles. The van der Waals surface area contributed by atoms with Gasteiger partial charge in [-0.2, -0.15) is 8.75 Å². The summed E-state index contributed by atoms with van der Waals surface area (Å²) in [5.41, 5.74) is -0.285. The van der Waals surface area contributed by atoms with Crippen molar-refractivity contribution in [2.75, 3.05) is 10.6 Å². The van der Waals surface area contributed by atoms with E-state index in [2.05, 4.69) is 19.4 Å². The molecule has 2 aromatic rings. The second kappa shape index (κ2) is 3.43. The SMILES string of the molecule is O=C(Nc1ccns1)C12C3C4C1C1C2C3C41C(=O)Nc1ccns1. The average Bonchev–Trinajstić information content (AvgIpc) is 3.28. The van der Waals surface area contributed by atoms with Crippen LogP contribution in [-0.2, 0) is 9.59 Å². The van der Waals surface area contributed by atoms with Gasteiger partial charge in [-0.3, -0.25) is 9.59 Å². The van der Waals surface area contributed by atoms with Crippen molar-refractivity contribution >= 4 is 44.9 Å². The van der Waals surface area contributed by atoms with Gasteiger partial charge in [0, 0.05) is 12.4 Å². The van der Waals surface area contributed by atoms with Gasteiger partial charge < -0.3 is 10.6 Å². The summed E-state index contributed by atoms with van der Waals surface area (Å²) in [6.45, 7) is 0. The maximum absolute atomic E-state index is 12.8. The molecule has 0 radical (unpaired) electrons. The Morgan fingerprint density at radius 1 is 0.792 bits per heavy atom. The third-order valence-corrected chi connectivity index (χ3v) is 9.09. The van der Waals surface area contributed by atoms with Crippen molar-refractivity contribution in [1.29, 1.82) is 0 Å². The molecule has 2 heterocycles. The lowest BCUT2D eigenvalue weighted by Crippen LogP contribution is -3.12. The molecule has 0 spiro atoms. The molecule has 2 N–H and O–H groups in total. The van der Waals surface area contributed by atoms with Crippen molar-refractivity contribution in [2.24, 2.45) is 46.3 Å². The lowest BCUT2D eigenvalue weighted by Gasteiger charge is -3.09. The lowest BCUT2D eigenvalue weighted by molar-refractivity contribution is -0.622. The Hall–Kier alpha value is -1.80. The van der Waals surface area contributed by atoms with Crippen molar-refractivity contribution in [3.63, 3.8) is 0 Å². The fourth-order valence-electron chi connectivity index (χ4n) is 7.44. The highest BCUT2D eigenvalue weighted by atomic mass is 32.1. The first kappa shape index (κ1) is 12.5. The number of carbonyl (C=O) groups is 2. The summed E-state index contributed by atoms with van der Waals surface area (Å²) < 4.78 is 8.07. The number of hydrogen-bond acceptors (Lipinski definition) is 6. The van der Waals surface area contributed by atoms with Gasteiger partial charge >= 0.3 is 0 Å². The summed E-state index contributed by atoms with van der Waals surface area (Å²) in [5, 5.41) is 7.75. The molecule has 2 aromatic heterocycles. The van der Waals surface area contributed by atoms with Crippen LogP contribution in [0.5, 0.6) is 0 Å². The first-order chi connectivity index (χ1) is 11.7. The van der Waals surface area contributed by atoms with E-state index in [9.17, 15) is 9.59 Å². The molecule has 0 aromatic carbocycles. The van der Waals surface area contributed by atoms with Crippen molar-refractivity contribution in [2.45, 2.75) is 0 Å². The van der Waals surface area contributed by atoms with E-state index in [1.54, 1.807) is 12.4 Å². The number of aromatic nitrogens is 2. The van der Waals surface area contributed by atoms with Gasteiger partial charge in [0.15, 0.2) is 0 Å². The van der Waals surface area contributed by atoms with Crippen LogP contribution in [0.25, 0.3) is 0 Å². The molecule has 120 valence electrons. The van der Waals surface area contributed by atoms with Crippen LogP contribution in [0.15, 0.2) is 24.5 Å². The van der Waals surface area contributed by atoms with Gasteiger partial charge in [-0.15, -0.1) is 0 Å². The Morgan fingerprint density at radius 3 is 1.46 bits per heavy atom. The Labute approximate surface area is 145 Å². The van der Waals surface area contributed by atoms with E-state index in [4.69, 9.17) is 0 Å². The van der Waals surface area contributed by atoms with E-state index in [-0.39, 0.29) is 22.6 Å². The quantitative estimate of drug-likeness (QED) is 0.877. The fraction of sp³-hybridized carbons (Fsp3) is 0.500. The van der Waals surface area contributed by atoms with Gasteiger partial charge in [0.1, 0.15) is 10.0 Å². The van der Waals surface area contributed by atoms with Gasteiger partial charge in [-0.1, -0.05) is 0 Å². The van der Waals surface area contributed by atoms with Crippen LogP contribution in [-0.4, -0.2) is 20.6 Å². The molecule has 0 saturated heterocycles. The van der Waals surface area contributed by atoms with Crippen LogP contribution < -0.4 is 10.6 Å². The van der Waals surface area contributed by atoms with Crippen molar-refractivity contribution in [3.8, 4) is 0 Å². The number of nitrogens with one attached hydrogen (secondary N) is 2. The zero-order valence-electron chi connectivity index (χ0n) is 12.3. The standard InChI is InChI=1S/C16H12N4O2S2/c21-13(19-5-1-3-17-23-5)15-7-10-8(15)12-9(15)11(7)16(10,12)14(22)20-6-2-4-18-24-6/h1-4,7-12H,(H,19,21)(H,20,22). The molecular formula is C16H12N4O2S2. The number of nitrogens with zero attached hydrogens (tertiary/aromatic N) is 2. The molecule has 6 aliphatic rings. The van der Waals surface area contributed by atoms with Crippen molar-refractivity contribution < 1.29 is 9.59 Å². The van der Waals surface area contributed by atoms with Crippen LogP contribution in [0.2, 0.25) is 0 Å². The molecule has 0 atom stereocenters. The molecule has 2 amide bonds. The Morgan fingerprint density at radius 2 is 1.17 bits per heavy atom. The third kappa shape index (κ3) is 0.876. The highest BCUT2D eigenvalue weighted by molar-refractivity contribution is 7.10. The van der Waals surface area contributed by atoms with Crippen LogP contribution >= 0.6 is 23.1 Å². The summed E-state index contributed by atoms with van der Waals surface area (Å²) in [6.07, 6.45) is 3.41. The van der Waals surface area contributed by atoms with Gasteiger partial charge in [0.25, 0.3) is 0 Å². The normalized spacial score (nSPS) is 49.5. The summed E-state index contributed by atoms with van der Waals surface area (Å²) in [6, 6.07) is 3.68. The summed E-state index contributed by atoms with van der Waals surface area (Å²) >= 11 is 2.63. The molecule has 0 aliphatic heterocycles. The van der Waals surface area contributed by atoms with Crippen LogP contribution in [0.3, 0.4) is 0 Å². The highest BCUT2D eigenvalue weighted by Gasteiger charge is 3.12. The highest BCUT2D eigenvalue weighted by Crippen LogP contribution is 3.10. The van der Waals surface area contributed by atoms with E-state index < -0.39 is 0 Å². The van der Waals surface area contributed by atoms with Crippen molar-refractivity contribution in [3.05, 3.63) is 24.5 Å². The third-order valence-electron chi connectivity index (χ3n) is 7.77. The molecule has 0 unspecified atom stereocenters. The Balaban J connectivity index is 1.14. The topological polar surface area (TPSA) is 84.0 Å². The van der Waals surface area contributed by atoms with Crippen molar-refractivity contribution in [1.82, 2.24) is 8.75 Å². The average molecular weight is 356 g/mol. The lowest BCUT2D eigenvalue weighted by atomic mass is 8.92. The van der Waals surface area contributed by atoms with Gasteiger partial charge in [-0.25, -0.2) is 0 Å². The monoisotopic (exact) mass is 356 g/mol. The van der Waals surface area contributed by atoms with E-state index in [0.717, 1.165) is 10.0 Å². The summed E-state index contributed by atoms with van der Waals surface area (Å²) in [5.74, 6) is 3.00. The Bertz CT molecular complexity index is 792. The number of rotatable bonds is 4. The van der Waals surface area contributed by atoms with E-state index in [1.165, 1.54) is 23.1 Å². The van der Waals surface area contributed by atoms with Crippen LogP contribution in [0.4, 0.5) is 10.0 Å². The van der Waals surface area contributed by atoms with Gasteiger partial charge in [0.05, 0.1) is 10.8 Å². The minimum absolute atomic E-state index is 0.142. The van der Waals surface area contributed by atoms with Gasteiger partial charge in [-0.05, 0) is 70.7 Å². The first-order valence-electron chi connectivity index (χ1n) is 8.17. The predicted molar refractivity (Wildman–Crippen MR) is 87.3 cm³/mol. The minimum Gasteiger partial charge on any atom is -0.316 e. The van der Waals surface area contributed by atoms with Crippen LogP contribution in [0, 0.1) is 46.3 Å². The zero-order chi connectivity index (χ0) is 15.8. The zero-order valence-corrected chi connectivity index (χ0v) is 13.9. The summed E-state index contributed by atoms with van der Waals surface area (Å²) in [4.78, 5) is 25.6. The molecular weight excluding hydrogens is 344 g/mol. The maximum atomic E-state index is 12.8. The Kier molecular flexibility index (Phi) is 1.79.